The molecule has 1 aliphatic rings. The number of carboxylic acid groups (broad SMARTS) is 1. The first kappa shape index (κ1) is 29.8. The summed E-state index contributed by atoms with van der Waals surface area (Å²) in [5, 5.41) is 14.5. The average Bonchev–Trinajstić information content (AvgIpc) is 3.29. The molecule has 0 radical (unpaired) electrons. The van der Waals surface area contributed by atoms with Gasteiger partial charge in [-0.3, -0.25) is 14.5 Å². The van der Waals surface area contributed by atoms with E-state index in [-0.39, 0.29) is 24.9 Å². The van der Waals surface area contributed by atoms with Crippen molar-refractivity contribution in [1.82, 2.24) is 15.5 Å². The minimum absolute atomic E-state index is 0.0673. The Labute approximate surface area is 241 Å². The summed E-state index contributed by atoms with van der Waals surface area (Å²) in [5.41, 5.74) is 5.67. The predicted octanol–water partition coefficient (Wildman–Crippen LogP) is 5.18. The molecule has 0 saturated carbocycles. The molecule has 0 aliphatic heterocycles. The summed E-state index contributed by atoms with van der Waals surface area (Å²) < 4.78 is 5.71. The van der Waals surface area contributed by atoms with Crippen molar-refractivity contribution in [2.75, 3.05) is 26.7 Å². The number of ether oxygens (including phenoxy) is 1. The van der Waals surface area contributed by atoms with Crippen molar-refractivity contribution in [3.8, 4) is 11.1 Å². The van der Waals surface area contributed by atoms with Gasteiger partial charge in [-0.15, -0.1) is 0 Å². The maximum absolute atomic E-state index is 13.1. The number of alkyl carbamates (subject to hydrolysis) is 1. The maximum atomic E-state index is 13.1. The molecule has 216 valence electrons. The summed E-state index contributed by atoms with van der Waals surface area (Å²) >= 11 is 0. The SMILES string of the molecule is CN(Cc1ccccc1)CC(NC(=O)OCC1c2ccccc2-c2ccccc21)C(=O)NCCCCCCC(=O)O. The molecule has 3 aromatic rings. The molecule has 0 spiro atoms. The fourth-order valence-electron chi connectivity index (χ4n) is 5.34. The van der Waals surface area contributed by atoms with Gasteiger partial charge < -0.3 is 20.5 Å². The maximum Gasteiger partial charge on any atom is 0.407 e. The van der Waals surface area contributed by atoms with Crippen molar-refractivity contribution < 1.29 is 24.2 Å². The van der Waals surface area contributed by atoms with Gasteiger partial charge in [-0.25, -0.2) is 4.79 Å². The first-order chi connectivity index (χ1) is 19.9. The summed E-state index contributed by atoms with van der Waals surface area (Å²) in [4.78, 5) is 38.8. The summed E-state index contributed by atoms with van der Waals surface area (Å²) in [6, 6.07) is 25.5. The quantitative estimate of drug-likeness (QED) is 0.222. The van der Waals surface area contributed by atoms with Gasteiger partial charge in [0.05, 0.1) is 0 Å². The second kappa shape index (κ2) is 15.0. The first-order valence-electron chi connectivity index (χ1n) is 14.3. The van der Waals surface area contributed by atoms with Crippen LogP contribution in [0.4, 0.5) is 4.79 Å². The summed E-state index contributed by atoms with van der Waals surface area (Å²) in [5.74, 6) is -1.13. The Hall–Kier alpha value is -4.17. The molecule has 4 rings (SSSR count). The van der Waals surface area contributed by atoms with Crippen LogP contribution >= 0.6 is 0 Å². The van der Waals surface area contributed by atoms with Gasteiger partial charge in [-0.05, 0) is 47.7 Å². The number of carbonyl (C=O) groups excluding carboxylic acids is 2. The van der Waals surface area contributed by atoms with Crippen LogP contribution in [0.1, 0.15) is 54.7 Å². The van der Waals surface area contributed by atoms with E-state index in [0.29, 0.717) is 26.1 Å². The van der Waals surface area contributed by atoms with Gasteiger partial charge in [0.2, 0.25) is 5.91 Å². The first-order valence-corrected chi connectivity index (χ1v) is 14.3. The second-order valence-corrected chi connectivity index (χ2v) is 10.6. The number of carbonyl (C=O) groups is 3. The normalized spacial score (nSPS) is 12.8. The minimum Gasteiger partial charge on any atom is -0.481 e. The number of amides is 2. The summed E-state index contributed by atoms with van der Waals surface area (Å²) in [6.45, 7) is 1.56. The Balaban J connectivity index is 1.34. The van der Waals surface area contributed by atoms with Crippen molar-refractivity contribution in [3.05, 3.63) is 95.6 Å². The smallest absolute Gasteiger partial charge is 0.407 e. The van der Waals surface area contributed by atoms with Crippen molar-refractivity contribution >= 4 is 18.0 Å². The Morgan fingerprint density at radius 1 is 0.854 bits per heavy atom. The molecule has 1 unspecified atom stereocenters. The number of benzene rings is 3. The molecule has 8 heteroatoms. The van der Waals surface area contributed by atoms with Crippen LogP contribution in [-0.4, -0.2) is 60.8 Å². The van der Waals surface area contributed by atoms with E-state index in [1.807, 2.05) is 66.5 Å². The van der Waals surface area contributed by atoms with Crippen LogP contribution in [0.25, 0.3) is 11.1 Å². The van der Waals surface area contributed by atoms with E-state index < -0.39 is 18.1 Å². The van der Waals surface area contributed by atoms with Gasteiger partial charge in [0.1, 0.15) is 12.6 Å². The van der Waals surface area contributed by atoms with E-state index in [2.05, 4.69) is 34.9 Å². The van der Waals surface area contributed by atoms with Gasteiger partial charge in [0, 0.05) is 32.0 Å². The molecule has 41 heavy (non-hydrogen) atoms. The number of aliphatic carboxylic acids is 1. The van der Waals surface area contributed by atoms with Crippen LogP contribution in [0.2, 0.25) is 0 Å². The number of carboxylic acids is 1. The lowest BCUT2D eigenvalue weighted by atomic mass is 9.98. The molecule has 0 fully saturated rings. The number of nitrogens with one attached hydrogen (secondary N) is 2. The molecular weight excluding hydrogens is 518 g/mol. The standard InChI is InChI=1S/C33H39N3O5/c1-36(21-24-13-5-4-6-14-24)22-30(32(39)34-20-12-3-2-7-19-31(37)38)35-33(40)41-23-29-27-17-10-8-15-25(27)26-16-9-11-18-28(26)29/h4-6,8-11,13-18,29-30H,2-3,7,12,19-23H2,1H3,(H,34,39)(H,35,40)(H,37,38). The van der Waals surface area contributed by atoms with E-state index in [0.717, 1.165) is 47.1 Å². The highest BCUT2D eigenvalue weighted by atomic mass is 16.5. The second-order valence-electron chi connectivity index (χ2n) is 10.6. The highest BCUT2D eigenvalue weighted by molar-refractivity contribution is 5.86. The monoisotopic (exact) mass is 557 g/mol. The molecule has 3 N–H and O–H groups in total. The van der Waals surface area contributed by atoms with E-state index in [9.17, 15) is 14.4 Å². The largest absolute Gasteiger partial charge is 0.481 e. The third kappa shape index (κ3) is 8.66. The Morgan fingerprint density at radius 3 is 2.12 bits per heavy atom. The molecule has 0 saturated heterocycles. The molecule has 0 aromatic heterocycles. The van der Waals surface area contributed by atoms with Gasteiger partial charge in [-0.1, -0.05) is 91.7 Å². The van der Waals surface area contributed by atoms with E-state index in [1.165, 1.54) is 0 Å². The zero-order valence-electron chi connectivity index (χ0n) is 23.6. The van der Waals surface area contributed by atoms with E-state index in [4.69, 9.17) is 9.84 Å². The van der Waals surface area contributed by atoms with Crippen molar-refractivity contribution in [2.24, 2.45) is 0 Å². The minimum atomic E-state index is -0.800. The van der Waals surface area contributed by atoms with Gasteiger partial charge in [-0.2, -0.15) is 0 Å². The Kier molecular flexibility index (Phi) is 10.9. The third-order valence-corrected chi connectivity index (χ3v) is 7.36. The molecule has 0 bridgehead atoms. The number of nitrogens with zero attached hydrogens (tertiary/aromatic N) is 1. The fraction of sp³-hybridized carbons (Fsp3) is 0.364. The van der Waals surface area contributed by atoms with Crippen molar-refractivity contribution in [1.29, 1.82) is 0 Å². The molecule has 0 heterocycles. The van der Waals surface area contributed by atoms with Gasteiger partial charge >= 0.3 is 12.1 Å². The lowest BCUT2D eigenvalue weighted by Crippen LogP contribution is -2.52. The number of hydrogen-bond acceptors (Lipinski definition) is 5. The van der Waals surface area contributed by atoms with Crippen LogP contribution in [0.5, 0.6) is 0 Å². The van der Waals surface area contributed by atoms with Crippen LogP contribution in [0.3, 0.4) is 0 Å². The van der Waals surface area contributed by atoms with Gasteiger partial charge in [0.25, 0.3) is 0 Å². The fourth-order valence-corrected chi connectivity index (χ4v) is 5.34. The van der Waals surface area contributed by atoms with Crippen LogP contribution < -0.4 is 10.6 Å². The molecule has 3 aromatic carbocycles. The zero-order chi connectivity index (χ0) is 29.0. The summed E-state index contributed by atoms with van der Waals surface area (Å²) in [6.07, 6.45) is 2.51. The number of hydrogen-bond donors (Lipinski definition) is 3. The van der Waals surface area contributed by atoms with Crippen LogP contribution in [0.15, 0.2) is 78.9 Å². The number of likely N-dealkylation sites (N-methyl/N-ethyl adjacent to an activating group) is 1. The van der Waals surface area contributed by atoms with Crippen molar-refractivity contribution in [2.45, 2.75) is 50.6 Å². The molecule has 1 atom stereocenters. The Bertz CT molecular complexity index is 1270. The summed E-state index contributed by atoms with van der Waals surface area (Å²) in [7, 11) is 1.91. The Morgan fingerprint density at radius 2 is 1.46 bits per heavy atom. The van der Waals surface area contributed by atoms with Crippen LogP contribution in [0, 0.1) is 0 Å². The zero-order valence-corrected chi connectivity index (χ0v) is 23.6. The van der Waals surface area contributed by atoms with E-state index in [1.54, 1.807) is 0 Å². The molecule has 1 aliphatic carbocycles. The van der Waals surface area contributed by atoms with Gasteiger partial charge in [0.15, 0.2) is 0 Å². The number of unbranched alkanes of at least 4 members (excludes halogenated alkanes) is 3. The lowest BCUT2D eigenvalue weighted by molar-refractivity contribution is -0.137. The average molecular weight is 558 g/mol. The lowest BCUT2D eigenvalue weighted by Gasteiger charge is -2.25. The number of fused-ring (bicyclic) bond motifs is 3. The van der Waals surface area contributed by atoms with E-state index >= 15 is 0 Å². The topological polar surface area (TPSA) is 108 Å². The highest BCUT2D eigenvalue weighted by Crippen LogP contribution is 2.44. The predicted molar refractivity (Wildman–Crippen MR) is 158 cm³/mol. The highest BCUT2D eigenvalue weighted by Gasteiger charge is 2.30. The third-order valence-electron chi connectivity index (χ3n) is 7.36. The molecular formula is C33H39N3O5. The molecule has 8 nitrogen and oxygen atoms in total. The van der Waals surface area contributed by atoms with Crippen LogP contribution in [-0.2, 0) is 20.9 Å². The number of rotatable bonds is 15. The van der Waals surface area contributed by atoms with Crippen molar-refractivity contribution in [3.63, 3.8) is 0 Å². The molecule has 2 amide bonds.